The topological polar surface area (TPSA) is 75.3 Å². The standard InChI is InChI=1S/C27H22FN3O3/c1-16-6-12-21-22(14-16)30-24(29-21)27(15-17-7-10-19(28)11-8-17)25(32)31(26(33)34-27)23-13-9-18-4-2-3-5-20(18)23/h2-8,10-12,14,23H,9,13,15H2,1H3,(H,29,30)/t23-,27-/m1/s1. The molecule has 1 N–H and O–H groups in total. The molecule has 1 fully saturated rings. The van der Waals surface area contributed by atoms with Crippen LogP contribution in [0.15, 0.2) is 66.7 Å². The monoisotopic (exact) mass is 455 g/mol. The van der Waals surface area contributed by atoms with E-state index >= 15 is 0 Å². The number of hydrogen-bond donors (Lipinski definition) is 1. The smallest absolute Gasteiger partial charge is 0.418 e. The number of benzene rings is 3. The number of aromatic amines is 1. The minimum atomic E-state index is -1.67. The Morgan fingerprint density at radius 2 is 1.91 bits per heavy atom. The molecule has 1 saturated heterocycles. The molecule has 1 aliphatic carbocycles. The van der Waals surface area contributed by atoms with Gasteiger partial charge in [-0.3, -0.25) is 4.79 Å². The predicted octanol–water partition coefficient (Wildman–Crippen LogP) is 5.11. The van der Waals surface area contributed by atoms with E-state index in [1.807, 2.05) is 49.4 Å². The van der Waals surface area contributed by atoms with Crippen molar-refractivity contribution in [3.63, 3.8) is 0 Å². The third-order valence-electron chi connectivity index (χ3n) is 6.82. The first-order valence-corrected chi connectivity index (χ1v) is 11.3. The van der Waals surface area contributed by atoms with Crippen molar-refractivity contribution < 1.29 is 18.7 Å². The molecule has 6 nitrogen and oxygen atoms in total. The van der Waals surface area contributed by atoms with Gasteiger partial charge in [-0.15, -0.1) is 0 Å². The summed E-state index contributed by atoms with van der Waals surface area (Å²) in [6, 6.07) is 19.0. The number of H-pyrrole nitrogens is 1. The summed E-state index contributed by atoms with van der Waals surface area (Å²) in [5.74, 6) is -0.570. The highest BCUT2D eigenvalue weighted by molar-refractivity contribution is 6.04. The second kappa shape index (κ2) is 7.52. The Morgan fingerprint density at radius 1 is 1.12 bits per heavy atom. The number of amides is 2. The van der Waals surface area contributed by atoms with Gasteiger partial charge in [0.2, 0.25) is 0 Å². The van der Waals surface area contributed by atoms with Crippen LogP contribution in [0.5, 0.6) is 0 Å². The van der Waals surface area contributed by atoms with E-state index in [0.717, 1.165) is 28.6 Å². The zero-order valence-corrected chi connectivity index (χ0v) is 18.5. The molecule has 2 atom stereocenters. The fraction of sp³-hybridized carbons (Fsp3) is 0.222. The van der Waals surface area contributed by atoms with E-state index in [1.165, 1.54) is 17.0 Å². The maximum Gasteiger partial charge on any atom is 0.418 e. The molecule has 2 aliphatic rings. The van der Waals surface area contributed by atoms with E-state index in [4.69, 9.17) is 4.74 Å². The van der Waals surface area contributed by atoms with Gasteiger partial charge in [-0.25, -0.2) is 19.1 Å². The van der Waals surface area contributed by atoms with Crippen molar-refractivity contribution in [2.24, 2.45) is 0 Å². The second-order valence-corrected chi connectivity index (χ2v) is 9.03. The molecular weight excluding hydrogens is 433 g/mol. The van der Waals surface area contributed by atoms with Gasteiger partial charge in [-0.1, -0.05) is 42.5 Å². The summed E-state index contributed by atoms with van der Waals surface area (Å²) in [5.41, 5.74) is 3.55. The highest BCUT2D eigenvalue weighted by atomic mass is 19.1. The molecule has 0 bridgehead atoms. The molecule has 2 heterocycles. The summed E-state index contributed by atoms with van der Waals surface area (Å²) in [6.07, 6.45) is 0.783. The van der Waals surface area contributed by atoms with Gasteiger partial charge in [0.1, 0.15) is 5.82 Å². The molecule has 1 aliphatic heterocycles. The number of hydrogen-bond acceptors (Lipinski definition) is 4. The van der Waals surface area contributed by atoms with Crippen LogP contribution in [-0.2, 0) is 28.0 Å². The lowest BCUT2D eigenvalue weighted by molar-refractivity contribution is -0.139. The second-order valence-electron chi connectivity index (χ2n) is 9.03. The number of aromatic nitrogens is 2. The minimum absolute atomic E-state index is 0.0432. The molecule has 3 aromatic carbocycles. The Balaban J connectivity index is 1.47. The van der Waals surface area contributed by atoms with Gasteiger partial charge in [0.15, 0.2) is 5.82 Å². The van der Waals surface area contributed by atoms with Crippen LogP contribution < -0.4 is 0 Å². The molecule has 1 aromatic heterocycles. The summed E-state index contributed by atoms with van der Waals surface area (Å²) in [5, 5.41) is 0. The minimum Gasteiger partial charge on any atom is -0.424 e. The van der Waals surface area contributed by atoms with E-state index in [0.29, 0.717) is 17.5 Å². The lowest BCUT2D eigenvalue weighted by Crippen LogP contribution is -2.42. The first-order chi connectivity index (χ1) is 16.4. The zero-order valence-electron chi connectivity index (χ0n) is 18.5. The third kappa shape index (κ3) is 3.11. The van der Waals surface area contributed by atoms with Crippen LogP contribution in [0.4, 0.5) is 9.18 Å². The Morgan fingerprint density at radius 3 is 2.74 bits per heavy atom. The number of fused-ring (bicyclic) bond motifs is 2. The van der Waals surface area contributed by atoms with E-state index in [1.54, 1.807) is 12.1 Å². The van der Waals surface area contributed by atoms with Crippen LogP contribution in [0.3, 0.4) is 0 Å². The number of cyclic esters (lactones) is 1. The third-order valence-corrected chi connectivity index (χ3v) is 6.82. The molecule has 0 spiro atoms. The van der Waals surface area contributed by atoms with E-state index in [-0.39, 0.29) is 18.1 Å². The van der Waals surface area contributed by atoms with Crippen molar-refractivity contribution >= 4 is 23.0 Å². The SMILES string of the molecule is Cc1ccc2nc([C@@]3(Cc4ccc(F)cc4)OC(=O)N([C@@H]4CCc5ccccc54)C3=O)[nH]c2c1. The van der Waals surface area contributed by atoms with Crippen molar-refractivity contribution in [1.29, 1.82) is 0 Å². The highest BCUT2D eigenvalue weighted by Gasteiger charge is 2.59. The quantitative estimate of drug-likeness (QED) is 0.464. The molecule has 6 rings (SSSR count). The maximum absolute atomic E-state index is 14.1. The molecular formula is C27H22FN3O3. The molecule has 2 amide bonds. The predicted molar refractivity (Wildman–Crippen MR) is 123 cm³/mol. The van der Waals surface area contributed by atoms with Crippen LogP contribution in [-0.4, -0.2) is 26.9 Å². The Hall–Kier alpha value is -4.00. The van der Waals surface area contributed by atoms with Crippen molar-refractivity contribution in [3.8, 4) is 0 Å². The molecule has 0 saturated carbocycles. The van der Waals surface area contributed by atoms with Gasteiger partial charge >= 0.3 is 6.09 Å². The first kappa shape index (κ1) is 20.6. The maximum atomic E-state index is 14.1. The van der Waals surface area contributed by atoms with Crippen molar-refractivity contribution in [2.75, 3.05) is 0 Å². The van der Waals surface area contributed by atoms with Gasteiger partial charge in [0.25, 0.3) is 11.5 Å². The van der Waals surface area contributed by atoms with Crippen molar-refractivity contribution in [2.45, 2.75) is 37.8 Å². The highest BCUT2D eigenvalue weighted by Crippen LogP contribution is 2.44. The number of nitrogens with one attached hydrogen (secondary N) is 1. The lowest BCUT2D eigenvalue weighted by atomic mass is 9.92. The molecule has 7 heteroatoms. The number of halogens is 1. The number of nitrogens with zero attached hydrogens (tertiary/aromatic N) is 2. The summed E-state index contributed by atoms with van der Waals surface area (Å²) >= 11 is 0. The summed E-state index contributed by atoms with van der Waals surface area (Å²) in [6.45, 7) is 1.97. The van der Waals surface area contributed by atoms with E-state index < -0.39 is 23.6 Å². The summed E-state index contributed by atoms with van der Waals surface area (Å²) in [4.78, 5) is 36.5. The average molecular weight is 455 g/mol. The normalized spacial score (nSPS) is 21.8. The van der Waals surface area contributed by atoms with Crippen LogP contribution in [0.2, 0.25) is 0 Å². The van der Waals surface area contributed by atoms with Crippen molar-refractivity contribution in [3.05, 3.63) is 101 Å². The fourth-order valence-electron chi connectivity index (χ4n) is 5.14. The van der Waals surface area contributed by atoms with Gasteiger partial charge in [-0.2, -0.15) is 0 Å². The zero-order chi connectivity index (χ0) is 23.4. The number of carbonyl (C=O) groups excluding carboxylic acids is 2. The van der Waals surface area contributed by atoms with Gasteiger partial charge in [0.05, 0.1) is 17.1 Å². The van der Waals surface area contributed by atoms with Crippen LogP contribution in [0, 0.1) is 12.7 Å². The fourth-order valence-corrected chi connectivity index (χ4v) is 5.14. The molecule has 34 heavy (non-hydrogen) atoms. The number of imide groups is 1. The van der Waals surface area contributed by atoms with Crippen LogP contribution >= 0.6 is 0 Å². The van der Waals surface area contributed by atoms with Crippen LogP contribution in [0.1, 0.15) is 40.5 Å². The first-order valence-electron chi connectivity index (χ1n) is 11.3. The molecule has 0 unspecified atom stereocenters. The van der Waals surface area contributed by atoms with E-state index in [9.17, 15) is 14.0 Å². The molecule has 4 aromatic rings. The van der Waals surface area contributed by atoms with Gasteiger partial charge < -0.3 is 9.72 Å². The van der Waals surface area contributed by atoms with Gasteiger partial charge in [-0.05, 0) is 66.3 Å². The summed E-state index contributed by atoms with van der Waals surface area (Å²) < 4.78 is 19.5. The Kier molecular flexibility index (Phi) is 4.55. The van der Waals surface area contributed by atoms with E-state index in [2.05, 4.69) is 9.97 Å². The number of ether oxygens (including phenoxy) is 1. The number of carbonyl (C=O) groups is 2. The Labute approximate surface area is 195 Å². The lowest BCUT2D eigenvalue weighted by Gasteiger charge is -2.25. The number of aryl methyl sites for hydroxylation is 2. The van der Waals surface area contributed by atoms with Crippen LogP contribution in [0.25, 0.3) is 11.0 Å². The molecule has 170 valence electrons. The molecule has 0 radical (unpaired) electrons. The summed E-state index contributed by atoms with van der Waals surface area (Å²) in [7, 11) is 0. The number of rotatable bonds is 4. The largest absolute Gasteiger partial charge is 0.424 e. The number of imidazole rings is 1. The Bertz CT molecular complexity index is 1450. The average Bonchev–Trinajstić information content (AvgIpc) is 3.50. The van der Waals surface area contributed by atoms with Crippen molar-refractivity contribution in [1.82, 2.24) is 14.9 Å². The van der Waals surface area contributed by atoms with Gasteiger partial charge in [0, 0.05) is 6.42 Å².